The van der Waals surface area contributed by atoms with Gasteiger partial charge in [-0.1, -0.05) is 29.8 Å². The maximum atomic E-state index is 11.9. The summed E-state index contributed by atoms with van der Waals surface area (Å²) in [6.45, 7) is 1.73. The smallest absolute Gasteiger partial charge is 0.322 e. The van der Waals surface area contributed by atoms with Gasteiger partial charge in [0, 0.05) is 0 Å². The van der Waals surface area contributed by atoms with E-state index in [9.17, 15) is 9.59 Å². The topological polar surface area (TPSA) is 73.2 Å². The van der Waals surface area contributed by atoms with Crippen molar-refractivity contribution in [1.29, 1.82) is 5.26 Å². The number of nitriles is 1. The van der Waals surface area contributed by atoms with Crippen molar-refractivity contribution in [2.45, 2.75) is 13.0 Å². The van der Waals surface area contributed by atoms with E-state index in [1.54, 1.807) is 18.2 Å². The molecule has 1 saturated heterocycles. The van der Waals surface area contributed by atoms with Gasteiger partial charge in [-0.2, -0.15) is 5.26 Å². The molecule has 1 aromatic carbocycles. The fourth-order valence-electron chi connectivity index (χ4n) is 1.72. The molecule has 1 aliphatic rings. The number of urea groups is 1. The molecule has 3 amide bonds. The van der Waals surface area contributed by atoms with Gasteiger partial charge in [-0.3, -0.25) is 4.79 Å². The van der Waals surface area contributed by atoms with Crippen LogP contribution in [0.5, 0.6) is 0 Å². The summed E-state index contributed by atoms with van der Waals surface area (Å²) in [6.07, 6.45) is 0. The molecule has 5 heteroatoms. The third-order valence-corrected chi connectivity index (χ3v) is 2.67. The van der Waals surface area contributed by atoms with Gasteiger partial charge in [0.25, 0.3) is 5.91 Å². The third-order valence-electron chi connectivity index (χ3n) is 2.67. The Morgan fingerprint density at radius 2 is 2.00 bits per heavy atom. The van der Waals surface area contributed by atoms with E-state index in [1.807, 2.05) is 19.1 Å². The van der Waals surface area contributed by atoms with Crippen LogP contribution in [-0.4, -0.2) is 23.4 Å². The number of carbonyl (C=O) groups is 2. The van der Waals surface area contributed by atoms with Crippen molar-refractivity contribution in [3.05, 3.63) is 35.4 Å². The van der Waals surface area contributed by atoms with Gasteiger partial charge in [0.05, 0.1) is 6.07 Å². The molecule has 1 N–H and O–H groups in total. The van der Waals surface area contributed by atoms with Gasteiger partial charge < -0.3 is 5.32 Å². The lowest BCUT2D eigenvalue weighted by Gasteiger charge is -2.09. The van der Waals surface area contributed by atoms with Crippen LogP contribution in [0.3, 0.4) is 0 Å². The van der Waals surface area contributed by atoms with Crippen LogP contribution in [0.4, 0.5) is 4.79 Å². The first-order chi connectivity index (χ1) is 8.13. The summed E-state index contributed by atoms with van der Waals surface area (Å²) < 4.78 is 0. The zero-order chi connectivity index (χ0) is 12.4. The summed E-state index contributed by atoms with van der Waals surface area (Å²) in [5, 5.41) is 11.1. The van der Waals surface area contributed by atoms with E-state index in [0.29, 0.717) is 0 Å². The zero-order valence-electron chi connectivity index (χ0n) is 9.30. The molecule has 1 heterocycles. The highest BCUT2D eigenvalue weighted by atomic mass is 16.2. The number of nitrogens with one attached hydrogen (secondary N) is 1. The molecule has 2 rings (SSSR count). The molecule has 1 fully saturated rings. The lowest BCUT2D eigenvalue weighted by molar-refractivity contribution is -0.127. The molecule has 17 heavy (non-hydrogen) atoms. The van der Waals surface area contributed by atoms with Crippen molar-refractivity contribution in [3.63, 3.8) is 0 Å². The zero-order valence-corrected chi connectivity index (χ0v) is 9.30. The molecular weight excluding hydrogens is 218 g/mol. The number of hydrogen-bond acceptors (Lipinski definition) is 3. The van der Waals surface area contributed by atoms with E-state index in [4.69, 9.17) is 5.26 Å². The van der Waals surface area contributed by atoms with Crippen molar-refractivity contribution >= 4 is 11.9 Å². The molecule has 0 aliphatic carbocycles. The molecular formula is C12H11N3O2. The number of aryl methyl sites for hydroxylation is 1. The Bertz CT molecular complexity index is 501. The Morgan fingerprint density at radius 1 is 1.35 bits per heavy atom. The van der Waals surface area contributed by atoms with Crippen LogP contribution >= 0.6 is 0 Å². The SMILES string of the molecule is Cc1ccc(C2NC(=O)N(CC#N)C2=O)cc1. The summed E-state index contributed by atoms with van der Waals surface area (Å²) in [7, 11) is 0. The van der Waals surface area contributed by atoms with Crippen molar-refractivity contribution in [3.8, 4) is 6.07 Å². The van der Waals surface area contributed by atoms with Crippen LogP contribution < -0.4 is 5.32 Å². The molecule has 0 saturated carbocycles. The second kappa shape index (κ2) is 4.26. The second-order valence-corrected chi connectivity index (χ2v) is 3.88. The molecule has 1 atom stereocenters. The van der Waals surface area contributed by atoms with Crippen LogP contribution in [0, 0.1) is 18.3 Å². The molecule has 1 aromatic rings. The Labute approximate surface area is 98.6 Å². The summed E-state index contributed by atoms with van der Waals surface area (Å²) in [6, 6.07) is 7.97. The third kappa shape index (κ3) is 1.97. The van der Waals surface area contributed by atoms with E-state index in [-0.39, 0.29) is 12.5 Å². The van der Waals surface area contributed by atoms with Gasteiger partial charge in [0.2, 0.25) is 0 Å². The summed E-state index contributed by atoms with van der Waals surface area (Å²) in [5.41, 5.74) is 1.81. The number of rotatable bonds is 2. The molecule has 0 bridgehead atoms. The molecule has 5 nitrogen and oxygen atoms in total. The Hall–Kier alpha value is -2.35. The molecule has 1 unspecified atom stereocenters. The van der Waals surface area contributed by atoms with Crippen molar-refractivity contribution in [2.24, 2.45) is 0 Å². The molecule has 0 aromatic heterocycles. The number of carbonyl (C=O) groups excluding carboxylic acids is 2. The predicted molar refractivity (Wildman–Crippen MR) is 59.8 cm³/mol. The highest BCUT2D eigenvalue weighted by Gasteiger charge is 2.38. The van der Waals surface area contributed by atoms with Crippen molar-refractivity contribution < 1.29 is 9.59 Å². The predicted octanol–water partition coefficient (Wildman–Crippen LogP) is 1.11. The van der Waals surface area contributed by atoms with Crippen LogP contribution in [-0.2, 0) is 4.79 Å². The second-order valence-electron chi connectivity index (χ2n) is 3.88. The number of hydrogen-bond donors (Lipinski definition) is 1. The van der Waals surface area contributed by atoms with Gasteiger partial charge in [-0.15, -0.1) is 0 Å². The van der Waals surface area contributed by atoms with Crippen LogP contribution in [0.2, 0.25) is 0 Å². The first-order valence-corrected chi connectivity index (χ1v) is 5.19. The highest BCUT2D eigenvalue weighted by molar-refractivity contribution is 6.04. The Kier molecular flexibility index (Phi) is 2.79. The summed E-state index contributed by atoms with van der Waals surface area (Å²) >= 11 is 0. The summed E-state index contributed by atoms with van der Waals surface area (Å²) in [5.74, 6) is -0.375. The molecule has 0 radical (unpaired) electrons. The lowest BCUT2D eigenvalue weighted by Crippen LogP contribution is -2.31. The minimum Gasteiger partial charge on any atom is -0.322 e. The quantitative estimate of drug-likeness (QED) is 0.610. The fourth-order valence-corrected chi connectivity index (χ4v) is 1.72. The molecule has 0 spiro atoms. The largest absolute Gasteiger partial charge is 0.326 e. The molecule has 86 valence electrons. The van der Waals surface area contributed by atoms with E-state index in [1.165, 1.54) is 0 Å². The van der Waals surface area contributed by atoms with Crippen LogP contribution in [0.15, 0.2) is 24.3 Å². The first kappa shape index (κ1) is 11.1. The highest BCUT2D eigenvalue weighted by Crippen LogP contribution is 2.21. The first-order valence-electron chi connectivity index (χ1n) is 5.19. The van der Waals surface area contributed by atoms with Gasteiger partial charge >= 0.3 is 6.03 Å². The van der Waals surface area contributed by atoms with Gasteiger partial charge in [0.15, 0.2) is 0 Å². The average Bonchev–Trinajstić information content (AvgIpc) is 2.59. The number of imide groups is 1. The minimum absolute atomic E-state index is 0.215. The lowest BCUT2D eigenvalue weighted by atomic mass is 10.1. The monoisotopic (exact) mass is 229 g/mol. The van der Waals surface area contributed by atoms with E-state index in [2.05, 4.69) is 5.32 Å². The Balaban J connectivity index is 2.25. The van der Waals surface area contributed by atoms with Crippen LogP contribution in [0.1, 0.15) is 17.2 Å². The van der Waals surface area contributed by atoms with Crippen LogP contribution in [0.25, 0.3) is 0 Å². The maximum absolute atomic E-state index is 11.9. The van der Waals surface area contributed by atoms with Gasteiger partial charge in [0.1, 0.15) is 12.6 Å². The standard InChI is InChI=1S/C12H11N3O2/c1-8-2-4-9(5-3-8)10-11(16)15(7-6-13)12(17)14-10/h2-5,10H,7H2,1H3,(H,14,17). The normalized spacial score (nSPS) is 19.1. The molecule has 1 aliphatic heterocycles. The number of benzene rings is 1. The summed E-state index contributed by atoms with van der Waals surface area (Å²) in [4.78, 5) is 24.3. The minimum atomic E-state index is -0.670. The van der Waals surface area contributed by atoms with Gasteiger partial charge in [-0.25, -0.2) is 9.69 Å². The fraction of sp³-hybridized carbons (Fsp3) is 0.250. The number of amides is 3. The van der Waals surface area contributed by atoms with Crippen molar-refractivity contribution in [1.82, 2.24) is 10.2 Å². The maximum Gasteiger partial charge on any atom is 0.326 e. The van der Waals surface area contributed by atoms with E-state index < -0.39 is 12.1 Å². The number of nitrogens with zero attached hydrogens (tertiary/aromatic N) is 2. The van der Waals surface area contributed by atoms with E-state index in [0.717, 1.165) is 16.0 Å². The van der Waals surface area contributed by atoms with Gasteiger partial charge in [-0.05, 0) is 12.5 Å². The van der Waals surface area contributed by atoms with E-state index >= 15 is 0 Å². The Morgan fingerprint density at radius 3 is 2.59 bits per heavy atom. The average molecular weight is 229 g/mol. The van der Waals surface area contributed by atoms with Crippen molar-refractivity contribution in [2.75, 3.05) is 6.54 Å².